The molecule has 144 valence electrons. The van der Waals surface area contributed by atoms with E-state index in [4.69, 9.17) is 0 Å². The van der Waals surface area contributed by atoms with E-state index in [1.54, 1.807) is 24.1 Å². The molecule has 3 rings (SSSR count). The van der Waals surface area contributed by atoms with E-state index in [0.717, 1.165) is 37.2 Å². The molecule has 9 heteroatoms. The first kappa shape index (κ1) is 19.2. The Balaban J connectivity index is 1.47. The first-order chi connectivity index (χ1) is 13.0. The highest BCUT2D eigenvalue weighted by Gasteiger charge is 2.26. The van der Waals surface area contributed by atoms with Gasteiger partial charge in [0.15, 0.2) is 5.82 Å². The minimum Gasteiger partial charge on any atom is -0.338 e. The van der Waals surface area contributed by atoms with Gasteiger partial charge in [0, 0.05) is 31.0 Å². The van der Waals surface area contributed by atoms with Crippen molar-refractivity contribution >= 4 is 28.6 Å². The fourth-order valence-corrected chi connectivity index (χ4v) is 3.69. The summed E-state index contributed by atoms with van der Waals surface area (Å²) < 4.78 is 17.3. The van der Waals surface area contributed by atoms with Gasteiger partial charge in [0.2, 0.25) is 11.0 Å². The number of rotatable bonds is 6. The van der Waals surface area contributed by atoms with Gasteiger partial charge in [-0.2, -0.15) is 4.37 Å². The summed E-state index contributed by atoms with van der Waals surface area (Å²) in [7, 11) is 1.75. The Morgan fingerprint density at radius 2 is 2.11 bits per heavy atom. The van der Waals surface area contributed by atoms with E-state index in [-0.39, 0.29) is 24.2 Å². The number of anilines is 1. The fraction of sp³-hybridized carbons (Fsp3) is 0.444. The van der Waals surface area contributed by atoms with Crippen molar-refractivity contribution < 1.29 is 14.0 Å². The summed E-state index contributed by atoms with van der Waals surface area (Å²) in [6.45, 7) is 0.520. The number of carbonyl (C=O) groups excluding carboxylic acids is 2. The number of halogens is 1. The van der Waals surface area contributed by atoms with Crippen LogP contribution >= 0.6 is 11.5 Å². The van der Waals surface area contributed by atoms with E-state index in [1.165, 1.54) is 12.1 Å². The van der Waals surface area contributed by atoms with Crippen LogP contribution in [0.3, 0.4) is 0 Å². The molecule has 1 aromatic heterocycles. The number of nitrogens with zero attached hydrogens (tertiary/aromatic N) is 3. The van der Waals surface area contributed by atoms with Gasteiger partial charge in [0.25, 0.3) is 0 Å². The summed E-state index contributed by atoms with van der Waals surface area (Å²) in [5, 5.41) is 5.59. The highest BCUT2D eigenvalue weighted by Crippen LogP contribution is 2.26. The number of amides is 3. The third-order valence-corrected chi connectivity index (χ3v) is 5.16. The topological polar surface area (TPSA) is 87.2 Å². The molecule has 3 amide bonds. The molecule has 1 aliphatic carbocycles. The van der Waals surface area contributed by atoms with Crippen molar-refractivity contribution in [2.75, 3.05) is 12.4 Å². The highest BCUT2D eigenvalue weighted by atomic mass is 32.1. The third-order valence-electron chi connectivity index (χ3n) is 4.49. The number of nitrogens with one attached hydrogen (secondary N) is 2. The molecule has 0 unspecified atom stereocenters. The number of urea groups is 1. The molecule has 0 radical (unpaired) electrons. The maximum Gasteiger partial charge on any atom is 0.321 e. The molecule has 0 saturated heterocycles. The van der Waals surface area contributed by atoms with Crippen LogP contribution < -0.4 is 10.6 Å². The van der Waals surface area contributed by atoms with Gasteiger partial charge in [-0.1, -0.05) is 25.0 Å². The van der Waals surface area contributed by atoms with Crippen LogP contribution in [0.25, 0.3) is 0 Å². The summed E-state index contributed by atoms with van der Waals surface area (Å²) in [5.41, 5.74) is 0.662. The summed E-state index contributed by atoms with van der Waals surface area (Å²) in [5.74, 6) is 0.387. The van der Waals surface area contributed by atoms with Gasteiger partial charge < -0.3 is 10.2 Å². The van der Waals surface area contributed by atoms with E-state index in [2.05, 4.69) is 20.0 Å². The molecule has 2 N–H and O–H groups in total. The number of hydrogen-bond acceptors (Lipinski definition) is 5. The van der Waals surface area contributed by atoms with Crippen molar-refractivity contribution in [3.05, 3.63) is 41.5 Å². The Morgan fingerprint density at radius 1 is 1.33 bits per heavy atom. The lowest BCUT2D eigenvalue weighted by Crippen LogP contribution is -2.31. The Hall–Kier alpha value is -2.55. The lowest BCUT2D eigenvalue weighted by Gasteiger charge is -2.19. The molecule has 0 atom stereocenters. The quantitative estimate of drug-likeness (QED) is 0.792. The lowest BCUT2D eigenvalue weighted by molar-refractivity contribution is -0.134. The number of hydrogen-bond donors (Lipinski definition) is 2. The van der Waals surface area contributed by atoms with Gasteiger partial charge >= 0.3 is 6.03 Å². The van der Waals surface area contributed by atoms with E-state index < -0.39 is 6.03 Å². The van der Waals surface area contributed by atoms with Gasteiger partial charge in [-0.05, 0) is 30.5 Å². The molecule has 1 heterocycles. The average molecular weight is 391 g/mol. The molecule has 7 nitrogen and oxygen atoms in total. The van der Waals surface area contributed by atoms with E-state index in [9.17, 15) is 14.0 Å². The van der Waals surface area contributed by atoms with Crippen LogP contribution in [0, 0.1) is 11.7 Å². The summed E-state index contributed by atoms with van der Waals surface area (Å²) in [6.07, 6.45) is 4.12. The Morgan fingerprint density at radius 3 is 2.85 bits per heavy atom. The molecule has 0 spiro atoms. The minimum atomic E-state index is -0.447. The number of benzene rings is 1. The van der Waals surface area contributed by atoms with Gasteiger partial charge in [0.05, 0.1) is 6.54 Å². The first-order valence-corrected chi connectivity index (χ1v) is 9.65. The SMILES string of the molecule is CN(Cc1nsc(NC(=O)NCc2cccc(F)c2)n1)C(=O)C1CCCC1. The number of aromatic nitrogens is 2. The molecule has 0 bridgehead atoms. The molecule has 0 aliphatic heterocycles. The van der Waals surface area contributed by atoms with Gasteiger partial charge in [-0.3, -0.25) is 10.1 Å². The normalized spacial score (nSPS) is 14.1. The van der Waals surface area contributed by atoms with Crippen LogP contribution in [0.15, 0.2) is 24.3 Å². The zero-order valence-corrected chi connectivity index (χ0v) is 15.9. The maximum atomic E-state index is 13.1. The second-order valence-electron chi connectivity index (χ2n) is 6.63. The van der Waals surface area contributed by atoms with Crippen molar-refractivity contribution in [1.82, 2.24) is 19.6 Å². The standard InChI is InChI=1S/C18H22FN5O2S/c1-24(16(25)13-6-2-3-7-13)11-15-21-18(27-23-15)22-17(26)20-10-12-5-4-8-14(19)9-12/h4-5,8-9,13H,2-3,6-7,10-11H2,1H3,(H2,20,21,22,23,26). The minimum absolute atomic E-state index is 0.111. The molecule has 27 heavy (non-hydrogen) atoms. The zero-order chi connectivity index (χ0) is 19.2. The number of carbonyl (C=O) groups is 2. The van der Waals surface area contributed by atoms with Gasteiger partial charge in [0.1, 0.15) is 5.82 Å². The van der Waals surface area contributed by atoms with Crippen molar-refractivity contribution in [1.29, 1.82) is 0 Å². The van der Waals surface area contributed by atoms with E-state index in [1.807, 2.05) is 0 Å². The van der Waals surface area contributed by atoms with Crippen molar-refractivity contribution in [2.24, 2.45) is 5.92 Å². The van der Waals surface area contributed by atoms with E-state index >= 15 is 0 Å². The van der Waals surface area contributed by atoms with Crippen LogP contribution in [0.1, 0.15) is 37.1 Å². The van der Waals surface area contributed by atoms with Crippen molar-refractivity contribution in [3.8, 4) is 0 Å². The molecule has 1 aliphatic rings. The summed E-state index contributed by atoms with van der Waals surface area (Å²) in [6, 6.07) is 5.58. The predicted molar refractivity (Wildman–Crippen MR) is 101 cm³/mol. The monoisotopic (exact) mass is 391 g/mol. The fourth-order valence-electron chi connectivity index (χ4n) is 3.11. The Labute approximate surface area is 161 Å². The zero-order valence-electron chi connectivity index (χ0n) is 15.1. The molecule has 1 saturated carbocycles. The highest BCUT2D eigenvalue weighted by molar-refractivity contribution is 7.09. The smallest absolute Gasteiger partial charge is 0.321 e. The second-order valence-corrected chi connectivity index (χ2v) is 7.38. The Kier molecular flexibility index (Phi) is 6.33. The van der Waals surface area contributed by atoms with Crippen molar-refractivity contribution in [3.63, 3.8) is 0 Å². The van der Waals surface area contributed by atoms with Crippen LogP contribution in [0.2, 0.25) is 0 Å². The first-order valence-electron chi connectivity index (χ1n) is 8.88. The second kappa shape index (κ2) is 8.90. The van der Waals surface area contributed by atoms with Gasteiger partial charge in [-0.15, -0.1) is 0 Å². The molecule has 1 fully saturated rings. The molecular formula is C18H22FN5O2S. The van der Waals surface area contributed by atoms with Crippen LogP contribution in [0.5, 0.6) is 0 Å². The molecule has 2 aromatic rings. The van der Waals surface area contributed by atoms with Crippen LogP contribution in [-0.2, 0) is 17.9 Å². The third kappa shape index (κ3) is 5.46. The average Bonchev–Trinajstić information content (AvgIpc) is 3.31. The van der Waals surface area contributed by atoms with Crippen molar-refractivity contribution in [2.45, 2.75) is 38.8 Å². The largest absolute Gasteiger partial charge is 0.338 e. The van der Waals surface area contributed by atoms with Crippen LogP contribution in [-0.4, -0.2) is 33.2 Å². The lowest BCUT2D eigenvalue weighted by atomic mass is 10.1. The summed E-state index contributed by atoms with van der Waals surface area (Å²) >= 11 is 1.06. The molecular weight excluding hydrogens is 369 g/mol. The Bertz CT molecular complexity index is 807. The summed E-state index contributed by atoms with van der Waals surface area (Å²) in [4.78, 5) is 30.2. The van der Waals surface area contributed by atoms with E-state index in [0.29, 0.717) is 23.1 Å². The predicted octanol–water partition coefficient (Wildman–Crippen LogP) is 3.15. The van der Waals surface area contributed by atoms with Gasteiger partial charge in [-0.25, -0.2) is 14.2 Å². The molecule has 1 aromatic carbocycles. The van der Waals surface area contributed by atoms with Crippen LogP contribution in [0.4, 0.5) is 14.3 Å². The maximum absolute atomic E-state index is 13.1.